The molecule has 1 atom stereocenters. The molecule has 4 heteroatoms. The lowest BCUT2D eigenvalue weighted by molar-refractivity contribution is -0.502. The van der Waals surface area contributed by atoms with E-state index >= 15 is 0 Å². The zero-order valence-electron chi connectivity index (χ0n) is 13.9. The molecule has 25 heavy (non-hydrogen) atoms. The molecule has 0 bridgehead atoms. The first-order valence-corrected chi connectivity index (χ1v) is 8.15. The number of rotatable bonds is 3. The topological polar surface area (TPSA) is 38.5 Å². The lowest BCUT2D eigenvalue weighted by Gasteiger charge is -2.35. The van der Waals surface area contributed by atoms with Gasteiger partial charge in [0.05, 0.1) is 18.4 Å². The summed E-state index contributed by atoms with van der Waals surface area (Å²) in [4.78, 5) is 2.07. The van der Waals surface area contributed by atoms with Crippen LogP contribution in [0, 0.1) is 5.21 Å². The number of hydrogen-bond donors (Lipinski definition) is 0. The second-order valence-electron chi connectivity index (χ2n) is 5.90. The van der Waals surface area contributed by atoms with Crippen molar-refractivity contribution in [2.24, 2.45) is 0 Å². The highest BCUT2D eigenvalue weighted by Gasteiger charge is 2.34. The normalized spacial score (nSPS) is 16.1. The Labute approximate surface area is 146 Å². The predicted molar refractivity (Wildman–Crippen MR) is 99.6 cm³/mol. The molecule has 4 rings (SSSR count). The summed E-state index contributed by atoms with van der Waals surface area (Å²) in [6, 6.07) is 25.5. The molecule has 0 aliphatic carbocycles. The Morgan fingerprint density at radius 3 is 2.28 bits per heavy atom. The van der Waals surface area contributed by atoms with Crippen molar-refractivity contribution < 1.29 is 9.48 Å². The molecule has 0 aromatic heterocycles. The zero-order chi connectivity index (χ0) is 17.2. The fraction of sp³-hybridized carbons (Fsp3) is 0.0952. The smallest absolute Gasteiger partial charge is 0.269 e. The molecule has 1 aliphatic heterocycles. The number of benzene rings is 3. The van der Waals surface area contributed by atoms with Crippen molar-refractivity contribution in [3.63, 3.8) is 0 Å². The molecular weight excluding hydrogens is 312 g/mol. The molecule has 0 saturated carbocycles. The molecule has 0 fully saturated rings. The lowest BCUT2D eigenvalue weighted by Crippen LogP contribution is -2.35. The van der Waals surface area contributed by atoms with E-state index in [1.807, 2.05) is 78.9 Å². The van der Waals surface area contributed by atoms with E-state index in [2.05, 4.69) is 4.90 Å². The number of hydrogen-bond acceptors (Lipinski definition) is 3. The molecule has 124 valence electrons. The van der Waals surface area contributed by atoms with Crippen molar-refractivity contribution in [3.05, 3.63) is 95.2 Å². The quantitative estimate of drug-likeness (QED) is 0.525. The van der Waals surface area contributed by atoms with Crippen molar-refractivity contribution >= 4 is 17.6 Å². The minimum absolute atomic E-state index is 0.454. The number of fused-ring (bicyclic) bond motifs is 1. The minimum Gasteiger partial charge on any atom is -0.622 e. The summed E-state index contributed by atoms with van der Waals surface area (Å²) < 4.78 is 6.28. The molecule has 1 aliphatic rings. The van der Waals surface area contributed by atoms with Gasteiger partial charge in [0.1, 0.15) is 5.75 Å². The Kier molecular flexibility index (Phi) is 3.86. The van der Waals surface area contributed by atoms with Gasteiger partial charge in [-0.2, -0.15) is 4.74 Å². The maximum absolute atomic E-state index is 12.9. The van der Waals surface area contributed by atoms with Crippen molar-refractivity contribution in [2.45, 2.75) is 6.17 Å². The third kappa shape index (κ3) is 2.72. The first-order chi connectivity index (χ1) is 12.3. The minimum atomic E-state index is -0.454. The Hall–Kier alpha value is -3.27. The molecule has 3 aromatic rings. The number of methoxy groups -OCH3 is 1. The number of ether oxygens (including phenoxy) is 1. The van der Waals surface area contributed by atoms with Crippen LogP contribution in [0.25, 0.3) is 0 Å². The summed E-state index contributed by atoms with van der Waals surface area (Å²) >= 11 is 0. The zero-order valence-corrected chi connectivity index (χ0v) is 13.9. The van der Waals surface area contributed by atoms with E-state index in [9.17, 15) is 5.21 Å². The summed E-state index contributed by atoms with van der Waals surface area (Å²) in [7, 11) is 1.65. The molecule has 1 heterocycles. The second kappa shape index (κ2) is 6.32. The summed E-state index contributed by atoms with van der Waals surface area (Å²) in [5.41, 5.74) is 3.80. The van der Waals surface area contributed by atoms with Crippen LogP contribution in [-0.2, 0) is 0 Å². The van der Waals surface area contributed by atoms with E-state index in [0.29, 0.717) is 0 Å². The molecule has 0 amide bonds. The van der Waals surface area contributed by atoms with Crippen LogP contribution in [0.2, 0.25) is 0 Å². The Morgan fingerprint density at radius 2 is 1.56 bits per heavy atom. The third-order valence-corrected chi connectivity index (χ3v) is 4.40. The predicted octanol–water partition coefficient (Wildman–Crippen LogP) is 4.47. The third-order valence-electron chi connectivity index (χ3n) is 4.40. The Morgan fingerprint density at radius 1 is 0.880 bits per heavy atom. The highest BCUT2D eigenvalue weighted by Crippen LogP contribution is 2.39. The number of anilines is 2. The van der Waals surface area contributed by atoms with Gasteiger partial charge in [-0.25, -0.2) is 0 Å². The van der Waals surface area contributed by atoms with Gasteiger partial charge in [0, 0.05) is 11.3 Å². The lowest BCUT2D eigenvalue weighted by atomic mass is 10.0. The molecule has 0 spiro atoms. The first kappa shape index (κ1) is 15.3. The van der Waals surface area contributed by atoms with E-state index in [0.717, 1.165) is 33.0 Å². The molecule has 4 nitrogen and oxygen atoms in total. The van der Waals surface area contributed by atoms with Crippen LogP contribution in [-0.4, -0.2) is 18.1 Å². The molecular formula is C21H18N2O2. The highest BCUT2D eigenvalue weighted by molar-refractivity contribution is 5.89. The van der Waals surface area contributed by atoms with Crippen molar-refractivity contribution in [1.29, 1.82) is 0 Å². The monoisotopic (exact) mass is 330 g/mol. The average Bonchev–Trinajstić information content (AvgIpc) is 2.67. The van der Waals surface area contributed by atoms with Gasteiger partial charge in [-0.05, 0) is 36.4 Å². The van der Waals surface area contributed by atoms with Crippen LogP contribution < -0.4 is 9.64 Å². The van der Waals surface area contributed by atoms with E-state index in [1.165, 1.54) is 0 Å². The van der Waals surface area contributed by atoms with Gasteiger partial charge in [0.15, 0.2) is 6.21 Å². The van der Waals surface area contributed by atoms with Crippen LogP contribution in [0.3, 0.4) is 0 Å². The maximum Gasteiger partial charge on any atom is 0.269 e. The van der Waals surface area contributed by atoms with Crippen LogP contribution in [0.1, 0.15) is 17.3 Å². The highest BCUT2D eigenvalue weighted by atomic mass is 16.5. The molecule has 1 unspecified atom stereocenters. The largest absolute Gasteiger partial charge is 0.622 e. The van der Waals surface area contributed by atoms with Crippen molar-refractivity contribution in [2.75, 3.05) is 12.0 Å². The van der Waals surface area contributed by atoms with Gasteiger partial charge >= 0.3 is 0 Å². The second-order valence-corrected chi connectivity index (χ2v) is 5.90. The standard InChI is InChI=1S/C21H18N2O2/c1-25-19-13-11-18(12-14-19)23-20-10-6-5-9-17(20)15-22(24)21(23)16-7-3-2-4-8-16/h2-15,21H,1H3. The number of para-hydroxylation sites is 1. The van der Waals surface area contributed by atoms with Crippen molar-refractivity contribution in [3.8, 4) is 5.75 Å². The van der Waals surface area contributed by atoms with E-state index in [1.54, 1.807) is 13.3 Å². The fourth-order valence-electron chi connectivity index (χ4n) is 3.21. The van der Waals surface area contributed by atoms with Crippen molar-refractivity contribution in [1.82, 2.24) is 0 Å². The summed E-state index contributed by atoms with van der Waals surface area (Å²) in [6.45, 7) is 0. The molecule has 3 aromatic carbocycles. The molecule has 0 saturated heterocycles. The van der Waals surface area contributed by atoms with Gasteiger partial charge in [-0.3, -0.25) is 4.90 Å². The number of hydroxylamine groups is 1. The van der Waals surface area contributed by atoms with Gasteiger partial charge < -0.3 is 9.94 Å². The van der Waals surface area contributed by atoms with E-state index < -0.39 is 6.17 Å². The van der Waals surface area contributed by atoms with Crippen LogP contribution >= 0.6 is 0 Å². The SMILES string of the molecule is COc1ccc(N2c3ccccc3C=[N+]([O-])C2c2ccccc2)cc1. The average molecular weight is 330 g/mol. The Balaban J connectivity index is 1.89. The molecule has 0 radical (unpaired) electrons. The van der Waals surface area contributed by atoms with Crippen LogP contribution in [0.4, 0.5) is 11.4 Å². The van der Waals surface area contributed by atoms with Gasteiger partial charge in [0.2, 0.25) is 0 Å². The summed E-state index contributed by atoms with van der Waals surface area (Å²) in [6.07, 6.45) is 1.21. The summed E-state index contributed by atoms with van der Waals surface area (Å²) in [5, 5.41) is 12.9. The summed E-state index contributed by atoms with van der Waals surface area (Å²) in [5.74, 6) is 0.788. The number of nitrogens with zero attached hydrogens (tertiary/aromatic N) is 2. The van der Waals surface area contributed by atoms with Gasteiger partial charge in [0.25, 0.3) is 6.17 Å². The Bertz CT molecular complexity index is 905. The first-order valence-electron chi connectivity index (χ1n) is 8.15. The van der Waals surface area contributed by atoms with Crippen LogP contribution in [0.15, 0.2) is 78.9 Å². The van der Waals surface area contributed by atoms with Gasteiger partial charge in [-0.1, -0.05) is 42.5 Å². The molecule has 0 N–H and O–H groups in total. The van der Waals surface area contributed by atoms with Crippen LogP contribution in [0.5, 0.6) is 5.75 Å². The van der Waals surface area contributed by atoms with E-state index in [-0.39, 0.29) is 0 Å². The van der Waals surface area contributed by atoms with E-state index in [4.69, 9.17) is 4.74 Å². The fourth-order valence-corrected chi connectivity index (χ4v) is 3.21. The maximum atomic E-state index is 12.9. The van der Waals surface area contributed by atoms with Gasteiger partial charge in [-0.15, -0.1) is 0 Å².